The van der Waals surface area contributed by atoms with E-state index < -0.39 is 18.2 Å². The van der Waals surface area contributed by atoms with Crippen LogP contribution in [0.3, 0.4) is 0 Å². The molecule has 14 nitrogen and oxygen atoms in total. The maximum absolute atomic E-state index is 13.0. The Labute approximate surface area is 227 Å². The molecule has 0 rings (SSSR count). The summed E-state index contributed by atoms with van der Waals surface area (Å²) in [5.74, 6) is -1.04. The van der Waals surface area contributed by atoms with Gasteiger partial charge >= 0.3 is 0 Å². The molecule has 0 aromatic rings. The zero-order valence-corrected chi connectivity index (χ0v) is 23.7. The van der Waals surface area contributed by atoms with Crippen molar-refractivity contribution in [3.05, 3.63) is 0 Å². The van der Waals surface area contributed by atoms with Crippen LogP contribution in [-0.2, 0) is 19.2 Å². The number of nitrogens with two attached hydrogens (primary N) is 3. The van der Waals surface area contributed by atoms with E-state index in [2.05, 4.69) is 16.0 Å². The van der Waals surface area contributed by atoms with Gasteiger partial charge in [-0.05, 0) is 6.42 Å². The predicted molar refractivity (Wildman–Crippen MR) is 147 cm³/mol. The second-order valence-corrected chi connectivity index (χ2v) is 9.53. The minimum atomic E-state index is -0.868. The van der Waals surface area contributed by atoms with Crippen LogP contribution in [0.4, 0.5) is 0 Å². The molecule has 0 spiro atoms. The summed E-state index contributed by atoms with van der Waals surface area (Å²) in [6.45, 7) is 7.78. The number of aliphatic hydroxyl groups is 1. The number of hydrogen-bond acceptors (Lipinski definition) is 10. The van der Waals surface area contributed by atoms with Gasteiger partial charge in [-0.2, -0.15) is 0 Å². The Morgan fingerprint density at radius 1 is 0.842 bits per heavy atom. The minimum absolute atomic E-state index is 0.0134. The molecule has 0 aliphatic heterocycles. The molecular weight excluding hydrogens is 494 g/mol. The normalized spacial score (nSPS) is 14.2. The summed E-state index contributed by atoms with van der Waals surface area (Å²) in [6.07, 6.45) is -0.0194. The fourth-order valence-corrected chi connectivity index (χ4v) is 3.54. The lowest BCUT2D eigenvalue weighted by atomic mass is 10.1. The second kappa shape index (κ2) is 19.7. The summed E-state index contributed by atoms with van der Waals surface area (Å²) in [5, 5.41) is 18.8. The summed E-state index contributed by atoms with van der Waals surface area (Å²) < 4.78 is 0. The van der Waals surface area contributed by atoms with Gasteiger partial charge in [0, 0.05) is 92.4 Å². The standard InChI is InChI=1S/C24H51N9O5/c1-6-7-32(10-11-33(23(37)20(26)12-25)9-8-31(5)18(3)34)24(38)21(27)16-30-15-19(35)14-29-13-17(2)22(36)28-4/h17,19-21,29-30,35H,6-16,25-27H2,1-5H3,(H,28,36). The van der Waals surface area contributed by atoms with Gasteiger partial charge in [0.2, 0.25) is 23.6 Å². The number of nitrogens with one attached hydrogen (secondary N) is 3. The molecular formula is C24H51N9O5. The maximum Gasteiger partial charge on any atom is 0.240 e. The zero-order valence-electron chi connectivity index (χ0n) is 23.7. The van der Waals surface area contributed by atoms with E-state index in [9.17, 15) is 24.3 Å². The summed E-state index contributed by atoms with van der Waals surface area (Å²) in [5.41, 5.74) is 17.6. The van der Waals surface area contributed by atoms with E-state index in [0.717, 1.165) is 0 Å². The van der Waals surface area contributed by atoms with Crippen molar-refractivity contribution in [2.45, 2.75) is 45.4 Å². The molecule has 10 N–H and O–H groups in total. The summed E-state index contributed by atoms with van der Waals surface area (Å²) in [4.78, 5) is 53.4. The lowest BCUT2D eigenvalue weighted by molar-refractivity contribution is -0.137. The molecule has 222 valence electrons. The highest BCUT2D eigenvalue weighted by Crippen LogP contribution is 2.01. The average Bonchev–Trinajstić information content (AvgIpc) is 2.89. The first kappa shape index (κ1) is 35.6. The Bertz CT molecular complexity index is 727. The topological polar surface area (TPSA) is 212 Å². The third-order valence-electron chi connectivity index (χ3n) is 6.16. The van der Waals surface area contributed by atoms with Crippen molar-refractivity contribution in [2.24, 2.45) is 23.1 Å². The van der Waals surface area contributed by atoms with E-state index in [-0.39, 0.29) is 75.4 Å². The Balaban J connectivity index is 4.83. The maximum atomic E-state index is 13.0. The monoisotopic (exact) mass is 545 g/mol. The number of amides is 4. The molecule has 0 aliphatic rings. The van der Waals surface area contributed by atoms with Crippen LogP contribution < -0.4 is 33.2 Å². The minimum Gasteiger partial charge on any atom is -0.390 e. The molecule has 0 saturated carbocycles. The molecule has 4 atom stereocenters. The highest BCUT2D eigenvalue weighted by molar-refractivity contribution is 5.83. The van der Waals surface area contributed by atoms with Crippen LogP contribution in [0.2, 0.25) is 0 Å². The van der Waals surface area contributed by atoms with Crippen molar-refractivity contribution >= 4 is 23.6 Å². The summed E-state index contributed by atoms with van der Waals surface area (Å²) in [6, 6.07) is -1.71. The molecule has 4 amide bonds. The van der Waals surface area contributed by atoms with Gasteiger partial charge in [0.15, 0.2) is 0 Å². The first-order valence-electron chi connectivity index (χ1n) is 13.2. The van der Waals surface area contributed by atoms with Gasteiger partial charge in [0.1, 0.15) is 0 Å². The number of hydrogen-bond donors (Lipinski definition) is 7. The summed E-state index contributed by atoms with van der Waals surface area (Å²) in [7, 11) is 3.22. The van der Waals surface area contributed by atoms with Gasteiger partial charge in [-0.1, -0.05) is 13.8 Å². The number of carbonyl (C=O) groups excluding carboxylic acids is 4. The van der Waals surface area contributed by atoms with Gasteiger partial charge in [-0.3, -0.25) is 19.2 Å². The van der Waals surface area contributed by atoms with Crippen LogP contribution >= 0.6 is 0 Å². The fraction of sp³-hybridized carbons (Fsp3) is 0.833. The summed E-state index contributed by atoms with van der Waals surface area (Å²) >= 11 is 0. The Morgan fingerprint density at radius 2 is 1.34 bits per heavy atom. The van der Waals surface area contributed by atoms with Gasteiger partial charge in [0.25, 0.3) is 0 Å². The largest absolute Gasteiger partial charge is 0.390 e. The van der Waals surface area contributed by atoms with E-state index >= 15 is 0 Å². The molecule has 0 saturated heterocycles. The Hall–Kier alpha value is -2.36. The van der Waals surface area contributed by atoms with Crippen LogP contribution in [0.5, 0.6) is 0 Å². The number of aliphatic hydroxyl groups excluding tert-OH is 1. The molecule has 0 aliphatic carbocycles. The van der Waals surface area contributed by atoms with Gasteiger partial charge < -0.3 is 53.0 Å². The molecule has 0 bridgehead atoms. The van der Waals surface area contributed by atoms with Crippen molar-refractivity contribution in [1.82, 2.24) is 30.7 Å². The SMILES string of the molecule is CCCN(CCN(CCN(C)C(C)=O)C(=O)C(N)CN)C(=O)C(N)CNCC(O)CNCC(C)C(=O)NC. The number of nitrogens with zero attached hydrogens (tertiary/aromatic N) is 3. The molecule has 38 heavy (non-hydrogen) atoms. The van der Waals surface area contributed by atoms with Gasteiger partial charge in [0.05, 0.1) is 18.2 Å². The van der Waals surface area contributed by atoms with E-state index in [0.29, 0.717) is 26.1 Å². The quantitative estimate of drug-likeness (QED) is 0.0789. The van der Waals surface area contributed by atoms with Crippen LogP contribution in [-0.4, -0.2) is 141 Å². The Morgan fingerprint density at radius 3 is 1.84 bits per heavy atom. The second-order valence-electron chi connectivity index (χ2n) is 9.53. The molecule has 0 aromatic heterocycles. The third-order valence-corrected chi connectivity index (χ3v) is 6.16. The van der Waals surface area contributed by atoms with Crippen molar-refractivity contribution in [3.63, 3.8) is 0 Å². The van der Waals surface area contributed by atoms with E-state index in [4.69, 9.17) is 17.2 Å². The van der Waals surface area contributed by atoms with Gasteiger partial charge in [-0.15, -0.1) is 0 Å². The molecule has 0 fully saturated rings. The van der Waals surface area contributed by atoms with Crippen LogP contribution in [0, 0.1) is 5.92 Å². The predicted octanol–water partition coefficient (Wildman–Crippen LogP) is -3.93. The number of carbonyl (C=O) groups is 4. The first-order chi connectivity index (χ1) is 17.9. The van der Waals surface area contributed by atoms with Crippen molar-refractivity contribution in [2.75, 3.05) is 79.5 Å². The fourth-order valence-electron chi connectivity index (χ4n) is 3.54. The highest BCUT2D eigenvalue weighted by atomic mass is 16.3. The molecule has 14 heteroatoms. The Kier molecular flexibility index (Phi) is 18.4. The van der Waals surface area contributed by atoms with Crippen LogP contribution in [0.1, 0.15) is 27.2 Å². The molecule has 4 unspecified atom stereocenters. The smallest absolute Gasteiger partial charge is 0.240 e. The third kappa shape index (κ3) is 14.0. The lowest BCUT2D eigenvalue weighted by Crippen LogP contribution is -2.54. The van der Waals surface area contributed by atoms with E-state index in [1.807, 2.05) is 6.92 Å². The molecule has 0 aromatic carbocycles. The van der Waals surface area contributed by atoms with Gasteiger partial charge in [-0.25, -0.2) is 0 Å². The zero-order chi connectivity index (χ0) is 29.3. The molecule has 0 heterocycles. The van der Waals surface area contributed by atoms with Crippen LogP contribution in [0.15, 0.2) is 0 Å². The van der Waals surface area contributed by atoms with Crippen LogP contribution in [0.25, 0.3) is 0 Å². The highest BCUT2D eigenvalue weighted by Gasteiger charge is 2.25. The van der Waals surface area contributed by atoms with E-state index in [1.54, 1.807) is 25.9 Å². The molecule has 0 radical (unpaired) electrons. The number of likely N-dealkylation sites (N-methyl/N-ethyl adjacent to an activating group) is 1. The van der Waals surface area contributed by atoms with Crippen molar-refractivity contribution < 1.29 is 24.3 Å². The first-order valence-corrected chi connectivity index (χ1v) is 13.2. The van der Waals surface area contributed by atoms with E-state index in [1.165, 1.54) is 16.7 Å². The van der Waals surface area contributed by atoms with Crippen molar-refractivity contribution in [3.8, 4) is 0 Å². The average molecular weight is 546 g/mol. The lowest BCUT2D eigenvalue weighted by Gasteiger charge is -2.31. The van der Waals surface area contributed by atoms with Crippen molar-refractivity contribution in [1.29, 1.82) is 0 Å². The number of rotatable bonds is 20.